The molecule has 1 aliphatic carbocycles. The molecule has 2 heterocycles. The fraction of sp³-hybridized carbons (Fsp3) is 0.636. The molecular weight excluding hydrogens is 368 g/mol. The highest BCUT2D eigenvalue weighted by atomic mass is 16.5. The summed E-state index contributed by atoms with van der Waals surface area (Å²) in [5.41, 5.74) is 0.958. The summed E-state index contributed by atoms with van der Waals surface area (Å²) in [6.07, 6.45) is 10.7. The van der Waals surface area contributed by atoms with E-state index in [9.17, 15) is 0 Å². The van der Waals surface area contributed by atoms with Gasteiger partial charge in [-0.2, -0.15) is 0 Å². The summed E-state index contributed by atoms with van der Waals surface area (Å²) in [6, 6.07) is 1.93. The van der Waals surface area contributed by atoms with Crippen molar-refractivity contribution in [2.24, 2.45) is 0 Å². The Balaban J connectivity index is 1.67. The van der Waals surface area contributed by atoms with Crippen LogP contribution in [0.5, 0.6) is 17.2 Å². The lowest BCUT2D eigenvalue weighted by molar-refractivity contribution is 0.0808. The first kappa shape index (κ1) is 20.0. The van der Waals surface area contributed by atoms with Gasteiger partial charge in [-0.05, 0) is 44.8 Å². The van der Waals surface area contributed by atoms with Crippen molar-refractivity contribution in [1.82, 2.24) is 14.9 Å². The largest absolute Gasteiger partial charge is 0.493 e. The standard InChI is InChI=1S/C22H32N4O3/c1-27-17-13-16-18(20(29-3)19(17)28-2)24-15-25-21(16)23-14-22(9-5-6-10-22)26-11-7-4-8-12-26/h13,15H,4-12,14H2,1-3H3,(H,23,24,25). The molecule has 1 aliphatic heterocycles. The molecule has 2 fully saturated rings. The molecule has 7 nitrogen and oxygen atoms in total. The summed E-state index contributed by atoms with van der Waals surface area (Å²) in [5, 5.41) is 4.55. The highest BCUT2D eigenvalue weighted by Gasteiger charge is 2.39. The number of benzene rings is 1. The Morgan fingerprint density at radius 2 is 1.66 bits per heavy atom. The highest BCUT2D eigenvalue weighted by molar-refractivity contribution is 5.96. The predicted molar refractivity (Wildman–Crippen MR) is 114 cm³/mol. The van der Waals surface area contributed by atoms with Gasteiger partial charge in [0.15, 0.2) is 11.5 Å². The van der Waals surface area contributed by atoms with Gasteiger partial charge in [0.2, 0.25) is 5.75 Å². The van der Waals surface area contributed by atoms with Crippen molar-refractivity contribution in [2.75, 3.05) is 46.3 Å². The molecular formula is C22H32N4O3. The molecule has 0 bridgehead atoms. The summed E-state index contributed by atoms with van der Waals surface area (Å²) in [5.74, 6) is 2.55. The average Bonchev–Trinajstić information content (AvgIpc) is 3.27. The molecule has 7 heteroatoms. The molecule has 1 aromatic carbocycles. The minimum Gasteiger partial charge on any atom is -0.493 e. The average molecular weight is 401 g/mol. The second-order valence-electron chi connectivity index (χ2n) is 8.10. The van der Waals surface area contributed by atoms with Crippen molar-refractivity contribution in [1.29, 1.82) is 0 Å². The maximum Gasteiger partial charge on any atom is 0.205 e. The van der Waals surface area contributed by atoms with Crippen molar-refractivity contribution >= 4 is 16.7 Å². The van der Waals surface area contributed by atoms with Crippen molar-refractivity contribution in [2.45, 2.75) is 50.5 Å². The van der Waals surface area contributed by atoms with Crippen LogP contribution in [0, 0.1) is 0 Å². The molecule has 2 aliphatic rings. The van der Waals surface area contributed by atoms with Crippen LogP contribution in [0.1, 0.15) is 44.9 Å². The Morgan fingerprint density at radius 3 is 2.31 bits per heavy atom. The van der Waals surface area contributed by atoms with Gasteiger partial charge in [-0.3, -0.25) is 4.90 Å². The number of likely N-dealkylation sites (tertiary alicyclic amines) is 1. The lowest BCUT2D eigenvalue weighted by atomic mass is 9.92. The third-order valence-electron chi connectivity index (χ3n) is 6.58. The Morgan fingerprint density at radius 1 is 0.931 bits per heavy atom. The van der Waals surface area contributed by atoms with Gasteiger partial charge < -0.3 is 19.5 Å². The molecule has 29 heavy (non-hydrogen) atoms. The van der Waals surface area contributed by atoms with Crippen LogP contribution in [-0.2, 0) is 0 Å². The van der Waals surface area contributed by atoms with Crippen LogP contribution in [0.2, 0.25) is 0 Å². The van der Waals surface area contributed by atoms with E-state index in [0.717, 1.165) is 23.3 Å². The van der Waals surface area contributed by atoms with Gasteiger partial charge in [0.25, 0.3) is 0 Å². The highest BCUT2D eigenvalue weighted by Crippen LogP contribution is 2.44. The number of nitrogens with one attached hydrogen (secondary N) is 1. The first-order valence-corrected chi connectivity index (χ1v) is 10.6. The predicted octanol–water partition coefficient (Wildman–Crippen LogP) is 3.87. The summed E-state index contributed by atoms with van der Waals surface area (Å²) < 4.78 is 16.7. The van der Waals surface area contributed by atoms with Crippen molar-refractivity contribution in [3.63, 3.8) is 0 Å². The van der Waals surface area contributed by atoms with Crippen LogP contribution in [0.3, 0.4) is 0 Å². The first-order chi connectivity index (χ1) is 14.2. The zero-order valence-corrected chi connectivity index (χ0v) is 17.8. The van der Waals surface area contributed by atoms with Crippen molar-refractivity contribution < 1.29 is 14.2 Å². The smallest absolute Gasteiger partial charge is 0.205 e. The number of hydrogen-bond donors (Lipinski definition) is 1. The van der Waals surface area contributed by atoms with E-state index in [0.29, 0.717) is 17.2 Å². The Kier molecular flexibility index (Phi) is 5.94. The second kappa shape index (κ2) is 8.61. The summed E-state index contributed by atoms with van der Waals surface area (Å²) in [4.78, 5) is 11.7. The van der Waals surface area contributed by atoms with Crippen LogP contribution in [0.15, 0.2) is 12.4 Å². The maximum atomic E-state index is 5.61. The topological polar surface area (TPSA) is 68.7 Å². The van der Waals surface area contributed by atoms with E-state index >= 15 is 0 Å². The molecule has 0 spiro atoms. The van der Waals surface area contributed by atoms with Crippen LogP contribution < -0.4 is 19.5 Å². The van der Waals surface area contributed by atoms with E-state index in [2.05, 4.69) is 20.2 Å². The molecule has 2 aromatic rings. The zero-order valence-electron chi connectivity index (χ0n) is 17.8. The van der Waals surface area contributed by atoms with Gasteiger partial charge in [0, 0.05) is 12.1 Å². The molecule has 4 rings (SSSR count). The SMILES string of the molecule is COc1cc2c(NCC3(N4CCCCC4)CCCC3)ncnc2c(OC)c1OC. The summed E-state index contributed by atoms with van der Waals surface area (Å²) >= 11 is 0. The number of hydrogen-bond acceptors (Lipinski definition) is 7. The van der Waals surface area contributed by atoms with E-state index in [1.807, 2.05) is 6.07 Å². The lowest BCUT2D eigenvalue weighted by Crippen LogP contribution is -2.53. The lowest BCUT2D eigenvalue weighted by Gasteiger charge is -2.44. The van der Waals surface area contributed by atoms with E-state index in [1.165, 1.54) is 58.0 Å². The van der Waals surface area contributed by atoms with Crippen molar-refractivity contribution in [3.05, 3.63) is 12.4 Å². The number of ether oxygens (including phenoxy) is 3. The Hall–Kier alpha value is -2.28. The number of fused-ring (bicyclic) bond motifs is 1. The Bertz CT molecular complexity index is 846. The number of aromatic nitrogens is 2. The maximum absolute atomic E-state index is 5.61. The van der Waals surface area contributed by atoms with E-state index in [-0.39, 0.29) is 5.54 Å². The van der Waals surface area contributed by atoms with Gasteiger partial charge in [0.05, 0.1) is 26.7 Å². The monoisotopic (exact) mass is 400 g/mol. The summed E-state index contributed by atoms with van der Waals surface area (Å²) in [7, 11) is 4.86. The zero-order chi connectivity index (χ0) is 20.3. The second-order valence-corrected chi connectivity index (χ2v) is 8.10. The molecule has 0 unspecified atom stereocenters. The van der Waals surface area contributed by atoms with Crippen LogP contribution in [0.25, 0.3) is 10.9 Å². The Labute approximate surface area is 172 Å². The normalized spacial score (nSPS) is 19.3. The molecule has 1 saturated carbocycles. The van der Waals surface area contributed by atoms with Crippen LogP contribution >= 0.6 is 0 Å². The molecule has 0 radical (unpaired) electrons. The number of nitrogens with zero attached hydrogens (tertiary/aromatic N) is 3. The molecule has 0 atom stereocenters. The number of methoxy groups -OCH3 is 3. The van der Waals surface area contributed by atoms with Gasteiger partial charge in [-0.1, -0.05) is 19.3 Å². The van der Waals surface area contributed by atoms with Crippen molar-refractivity contribution in [3.8, 4) is 17.2 Å². The van der Waals surface area contributed by atoms with E-state index in [4.69, 9.17) is 14.2 Å². The summed E-state index contributed by atoms with van der Waals surface area (Å²) in [6.45, 7) is 3.33. The fourth-order valence-corrected chi connectivity index (χ4v) is 5.06. The third-order valence-corrected chi connectivity index (χ3v) is 6.58. The van der Waals surface area contributed by atoms with Gasteiger partial charge in [-0.15, -0.1) is 0 Å². The van der Waals surface area contributed by atoms with Crippen LogP contribution in [0.4, 0.5) is 5.82 Å². The van der Waals surface area contributed by atoms with Gasteiger partial charge >= 0.3 is 0 Å². The first-order valence-electron chi connectivity index (χ1n) is 10.6. The molecule has 0 amide bonds. The molecule has 1 saturated heterocycles. The van der Waals surface area contributed by atoms with Crippen LogP contribution in [-0.4, -0.2) is 61.4 Å². The minimum atomic E-state index is 0.234. The molecule has 1 aromatic heterocycles. The third kappa shape index (κ3) is 3.68. The number of rotatable bonds is 7. The van der Waals surface area contributed by atoms with Gasteiger partial charge in [-0.25, -0.2) is 9.97 Å². The van der Waals surface area contributed by atoms with E-state index in [1.54, 1.807) is 27.7 Å². The fourth-order valence-electron chi connectivity index (χ4n) is 5.06. The molecule has 1 N–H and O–H groups in total. The number of piperidine rings is 1. The minimum absolute atomic E-state index is 0.234. The molecule has 158 valence electrons. The van der Waals surface area contributed by atoms with Gasteiger partial charge in [0.1, 0.15) is 17.7 Å². The quantitative estimate of drug-likeness (QED) is 0.757. The number of anilines is 1. The van der Waals surface area contributed by atoms with E-state index < -0.39 is 0 Å².